The minimum atomic E-state index is 0.772. The fourth-order valence-corrected chi connectivity index (χ4v) is 3.26. The number of piperazine rings is 1. The molecule has 0 radical (unpaired) electrons. The average Bonchev–Trinajstić information content (AvgIpc) is 3.46. The van der Waals surface area contributed by atoms with Crippen LogP contribution in [0, 0.1) is 5.92 Å². The van der Waals surface area contributed by atoms with Gasteiger partial charge in [0.05, 0.1) is 6.20 Å². The summed E-state index contributed by atoms with van der Waals surface area (Å²) in [7, 11) is 0. The first-order chi connectivity index (χ1) is 11.9. The maximum Gasteiger partial charge on any atom is 0.144 e. The Morgan fingerprint density at radius 3 is 2.46 bits per heavy atom. The summed E-state index contributed by atoms with van der Waals surface area (Å²) in [4.78, 5) is 13.4. The first-order valence-corrected chi connectivity index (χ1v) is 8.93. The van der Waals surface area contributed by atoms with Gasteiger partial charge in [-0.2, -0.15) is 0 Å². The highest BCUT2D eigenvalue weighted by Gasteiger charge is 2.26. The quantitative estimate of drug-likeness (QED) is 0.885. The summed E-state index contributed by atoms with van der Waals surface area (Å²) >= 11 is 0. The summed E-state index contributed by atoms with van der Waals surface area (Å²) in [5.74, 6) is 1.81. The van der Waals surface area contributed by atoms with E-state index in [2.05, 4.69) is 49.4 Å². The van der Waals surface area contributed by atoms with E-state index in [-0.39, 0.29) is 0 Å². The number of rotatable bonds is 6. The third-order valence-corrected chi connectivity index (χ3v) is 4.92. The molecule has 1 saturated heterocycles. The number of aromatic nitrogens is 2. The zero-order chi connectivity index (χ0) is 16.2. The molecule has 1 N–H and O–H groups in total. The van der Waals surface area contributed by atoms with Crippen molar-refractivity contribution < 1.29 is 0 Å². The van der Waals surface area contributed by atoms with Crippen LogP contribution in [0.2, 0.25) is 0 Å². The van der Waals surface area contributed by atoms with Crippen molar-refractivity contribution in [2.45, 2.75) is 19.4 Å². The van der Waals surface area contributed by atoms with E-state index in [1.54, 1.807) is 18.6 Å². The fourth-order valence-electron chi connectivity index (χ4n) is 3.26. The predicted molar refractivity (Wildman–Crippen MR) is 97.2 cm³/mol. The minimum Gasteiger partial charge on any atom is -0.369 e. The van der Waals surface area contributed by atoms with E-state index in [1.807, 2.05) is 0 Å². The molecule has 24 heavy (non-hydrogen) atoms. The summed E-state index contributed by atoms with van der Waals surface area (Å²) in [6.45, 7) is 6.78. The molecule has 1 aliphatic heterocycles. The van der Waals surface area contributed by atoms with E-state index in [9.17, 15) is 0 Å². The van der Waals surface area contributed by atoms with Crippen molar-refractivity contribution in [3.05, 3.63) is 48.4 Å². The van der Waals surface area contributed by atoms with Crippen molar-refractivity contribution in [2.75, 3.05) is 42.9 Å². The second-order valence-electron chi connectivity index (χ2n) is 6.84. The minimum absolute atomic E-state index is 0.772. The Balaban J connectivity index is 1.27. The Labute approximate surface area is 143 Å². The SMILES string of the molecule is c1cnc(NCc2ccc(N3CCN(CC4CC4)CC3)cc2)cn1. The van der Waals surface area contributed by atoms with E-state index >= 15 is 0 Å². The Bertz CT molecular complexity index is 631. The van der Waals surface area contributed by atoms with Crippen molar-refractivity contribution >= 4 is 11.5 Å². The highest BCUT2D eigenvalue weighted by atomic mass is 15.3. The largest absolute Gasteiger partial charge is 0.369 e. The van der Waals surface area contributed by atoms with E-state index in [4.69, 9.17) is 0 Å². The van der Waals surface area contributed by atoms with Crippen LogP contribution in [0.1, 0.15) is 18.4 Å². The van der Waals surface area contributed by atoms with Crippen LogP contribution in [0.5, 0.6) is 0 Å². The van der Waals surface area contributed by atoms with Crippen LogP contribution in [-0.4, -0.2) is 47.6 Å². The molecule has 1 aromatic heterocycles. The van der Waals surface area contributed by atoms with Crippen LogP contribution in [0.15, 0.2) is 42.9 Å². The summed E-state index contributed by atoms with van der Waals surface area (Å²) < 4.78 is 0. The van der Waals surface area contributed by atoms with Gasteiger partial charge in [-0.3, -0.25) is 9.88 Å². The Morgan fingerprint density at radius 2 is 1.79 bits per heavy atom. The molecular formula is C19H25N5. The number of nitrogens with one attached hydrogen (secondary N) is 1. The van der Waals surface area contributed by atoms with Gasteiger partial charge in [-0.25, -0.2) is 4.98 Å². The number of nitrogens with zero attached hydrogens (tertiary/aromatic N) is 4. The van der Waals surface area contributed by atoms with E-state index in [0.29, 0.717) is 0 Å². The highest BCUT2D eigenvalue weighted by molar-refractivity contribution is 5.48. The summed E-state index contributed by atoms with van der Waals surface area (Å²) in [5, 5.41) is 3.30. The van der Waals surface area contributed by atoms with Crippen molar-refractivity contribution in [2.24, 2.45) is 5.92 Å². The number of benzene rings is 1. The van der Waals surface area contributed by atoms with Crippen LogP contribution >= 0.6 is 0 Å². The normalized spacial score (nSPS) is 18.6. The van der Waals surface area contributed by atoms with Crippen molar-refractivity contribution in [1.29, 1.82) is 0 Å². The van der Waals surface area contributed by atoms with Gasteiger partial charge in [0.1, 0.15) is 5.82 Å². The third-order valence-electron chi connectivity index (χ3n) is 4.92. The van der Waals surface area contributed by atoms with Crippen LogP contribution in [0.4, 0.5) is 11.5 Å². The van der Waals surface area contributed by atoms with Crippen LogP contribution in [0.25, 0.3) is 0 Å². The van der Waals surface area contributed by atoms with Gasteiger partial charge in [0.2, 0.25) is 0 Å². The predicted octanol–water partition coefficient (Wildman–Crippen LogP) is 2.62. The van der Waals surface area contributed by atoms with Gasteiger partial charge in [-0.15, -0.1) is 0 Å². The number of anilines is 2. The first kappa shape index (κ1) is 15.4. The van der Waals surface area contributed by atoms with Crippen molar-refractivity contribution in [3.63, 3.8) is 0 Å². The molecule has 5 heteroatoms. The lowest BCUT2D eigenvalue weighted by atomic mass is 10.1. The molecule has 1 aromatic carbocycles. The van der Waals surface area contributed by atoms with Gasteiger partial charge in [-0.05, 0) is 36.5 Å². The Kier molecular flexibility index (Phi) is 4.60. The van der Waals surface area contributed by atoms with Gasteiger partial charge >= 0.3 is 0 Å². The molecule has 1 saturated carbocycles. The summed E-state index contributed by atoms with van der Waals surface area (Å²) in [6.07, 6.45) is 8.03. The number of hydrogen-bond donors (Lipinski definition) is 1. The molecule has 5 nitrogen and oxygen atoms in total. The molecule has 0 spiro atoms. The smallest absolute Gasteiger partial charge is 0.144 e. The lowest BCUT2D eigenvalue weighted by molar-refractivity contribution is 0.248. The van der Waals surface area contributed by atoms with Gasteiger partial charge in [0.15, 0.2) is 0 Å². The lowest BCUT2D eigenvalue weighted by Gasteiger charge is -2.36. The van der Waals surface area contributed by atoms with E-state index in [1.165, 1.54) is 43.7 Å². The average molecular weight is 323 g/mol. The first-order valence-electron chi connectivity index (χ1n) is 8.93. The zero-order valence-electron chi connectivity index (χ0n) is 14.1. The molecule has 2 heterocycles. The molecule has 1 aliphatic carbocycles. The molecule has 0 bridgehead atoms. The standard InChI is InChI=1S/C19H25N5/c1-2-17(1)15-23-9-11-24(12-10-23)18-5-3-16(4-6-18)13-22-19-14-20-7-8-21-19/h3-8,14,17H,1-2,9-13,15H2,(H,21,22). The molecule has 126 valence electrons. The fraction of sp³-hybridized carbons (Fsp3) is 0.474. The molecule has 0 amide bonds. The van der Waals surface area contributed by atoms with E-state index in [0.717, 1.165) is 31.4 Å². The molecule has 0 unspecified atom stereocenters. The second kappa shape index (κ2) is 7.18. The topological polar surface area (TPSA) is 44.3 Å². The Hall–Kier alpha value is -2.14. The zero-order valence-corrected chi connectivity index (χ0v) is 14.1. The lowest BCUT2D eigenvalue weighted by Crippen LogP contribution is -2.47. The van der Waals surface area contributed by atoms with Gasteiger partial charge in [-0.1, -0.05) is 12.1 Å². The number of hydrogen-bond acceptors (Lipinski definition) is 5. The highest BCUT2D eigenvalue weighted by Crippen LogP contribution is 2.30. The van der Waals surface area contributed by atoms with Gasteiger partial charge in [0.25, 0.3) is 0 Å². The molecule has 2 aliphatic rings. The van der Waals surface area contributed by atoms with Crippen LogP contribution in [-0.2, 0) is 6.54 Å². The van der Waals surface area contributed by atoms with E-state index < -0.39 is 0 Å². The summed E-state index contributed by atoms with van der Waals surface area (Å²) in [6, 6.07) is 8.89. The maximum atomic E-state index is 4.23. The monoisotopic (exact) mass is 323 g/mol. The third kappa shape index (κ3) is 4.03. The van der Waals surface area contributed by atoms with Crippen LogP contribution < -0.4 is 10.2 Å². The molecule has 2 aromatic rings. The molecular weight excluding hydrogens is 298 g/mol. The summed E-state index contributed by atoms with van der Waals surface area (Å²) in [5.41, 5.74) is 2.60. The van der Waals surface area contributed by atoms with Crippen molar-refractivity contribution in [1.82, 2.24) is 14.9 Å². The van der Waals surface area contributed by atoms with Crippen LogP contribution in [0.3, 0.4) is 0 Å². The second-order valence-corrected chi connectivity index (χ2v) is 6.84. The molecule has 0 atom stereocenters. The Morgan fingerprint density at radius 1 is 1.00 bits per heavy atom. The van der Waals surface area contributed by atoms with Crippen molar-refractivity contribution in [3.8, 4) is 0 Å². The molecule has 4 rings (SSSR count). The van der Waals surface area contributed by atoms with Gasteiger partial charge < -0.3 is 10.2 Å². The molecule has 2 fully saturated rings. The van der Waals surface area contributed by atoms with Gasteiger partial charge in [0, 0.05) is 57.3 Å². The maximum absolute atomic E-state index is 4.23.